The number of unbranched alkanes of at least 4 members (excludes halogenated alkanes) is 1. The Bertz CT molecular complexity index is 284. The predicted molar refractivity (Wildman–Crippen MR) is 65.7 cm³/mol. The topological polar surface area (TPSA) is 41.5 Å². The van der Waals surface area contributed by atoms with Crippen molar-refractivity contribution in [3.8, 4) is 5.75 Å². The molecule has 2 N–H and O–H groups in total. The molecule has 1 rings (SSSR count). The Kier molecular flexibility index (Phi) is 5.90. The lowest BCUT2D eigenvalue weighted by molar-refractivity contribution is 0.174. The summed E-state index contributed by atoms with van der Waals surface area (Å²) in [5, 5.41) is 13.1. The molecule has 1 aromatic rings. The summed E-state index contributed by atoms with van der Waals surface area (Å²) in [7, 11) is 1.64. The summed E-state index contributed by atoms with van der Waals surface area (Å²) in [6.45, 7) is 3.72. The van der Waals surface area contributed by atoms with Crippen LogP contribution in [0.1, 0.15) is 31.4 Å². The highest BCUT2D eigenvalue weighted by Gasteiger charge is 2.06. The van der Waals surface area contributed by atoms with Gasteiger partial charge in [0.15, 0.2) is 0 Å². The van der Waals surface area contributed by atoms with E-state index in [2.05, 4.69) is 12.2 Å². The van der Waals surface area contributed by atoms with E-state index in [9.17, 15) is 5.11 Å². The van der Waals surface area contributed by atoms with Crippen molar-refractivity contribution in [2.45, 2.75) is 25.9 Å². The van der Waals surface area contributed by atoms with E-state index in [1.807, 2.05) is 24.3 Å². The maximum Gasteiger partial charge on any atom is 0.118 e. The molecule has 0 saturated carbocycles. The molecule has 0 heterocycles. The second-order valence-electron chi connectivity index (χ2n) is 3.85. The van der Waals surface area contributed by atoms with Crippen LogP contribution in [0.3, 0.4) is 0 Å². The summed E-state index contributed by atoms with van der Waals surface area (Å²) >= 11 is 0. The van der Waals surface area contributed by atoms with Crippen LogP contribution in [0.2, 0.25) is 0 Å². The number of hydrogen-bond donors (Lipinski definition) is 2. The highest BCUT2D eigenvalue weighted by atomic mass is 16.5. The van der Waals surface area contributed by atoms with Crippen LogP contribution < -0.4 is 10.1 Å². The van der Waals surface area contributed by atoms with Gasteiger partial charge in [-0.05, 0) is 30.7 Å². The first-order valence-corrected chi connectivity index (χ1v) is 5.80. The highest BCUT2D eigenvalue weighted by Crippen LogP contribution is 2.16. The number of nitrogens with one attached hydrogen (secondary N) is 1. The largest absolute Gasteiger partial charge is 0.497 e. The third-order valence-corrected chi connectivity index (χ3v) is 2.55. The van der Waals surface area contributed by atoms with Crippen LogP contribution in [0.15, 0.2) is 24.3 Å². The average Bonchev–Trinajstić information content (AvgIpc) is 2.34. The molecule has 0 spiro atoms. The number of aliphatic hydroxyl groups excluding tert-OH is 1. The zero-order valence-electron chi connectivity index (χ0n) is 10.1. The minimum Gasteiger partial charge on any atom is -0.497 e. The standard InChI is InChI=1S/C13H21NO2/c1-3-4-9-14-10-13(15)11-5-7-12(16-2)8-6-11/h5-8,13-15H,3-4,9-10H2,1-2H3. The van der Waals surface area contributed by atoms with Crippen LogP contribution in [0.25, 0.3) is 0 Å². The van der Waals surface area contributed by atoms with Crippen molar-refractivity contribution in [1.29, 1.82) is 0 Å². The van der Waals surface area contributed by atoms with Crippen molar-refractivity contribution < 1.29 is 9.84 Å². The van der Waals surface area contributed by atoms with Crippen LogP contribution in [0.5, 0.6) is 5.75 Å². The van der Waals surface area contributed by atoms with Gasteiger partial charge in [0.1, 0.15) is 5.75 Å². The molecule has 0 aliphatic rings. The van der Waals surface area contributed by atoms with E-state index in [1.165, 1.54) is 6.42 Å². The van der Waals surface area contributed by atoms with Gasteiger partial charge in [0.2, 0.25) is 0 Å². The molecule has 0 saturated heterocycles. The van der Waals surface area contributed by atoms with Gasteiger partial charge in [0.25, 0.3) is 0 Å². The van der Waals surface area contributed by atoms with Crippen LogP contribution in [-0.4, -0.2) is 25.3 Å². The highest BCUT2D eigenvalue weighted by molar-refractivity contribution is 5.28. The summed E-state index contributed by atoms with van der Waals surface area (Å²) in [4.78, 5) is 0. The van der Waals surface area contributed by atoms with Crippen molar-refractivity contribution in [1.82, 2.24) is 5.32 Å². The summed E-state index contributed by atoms with van der Waals surface area (Å²) in [5.74, 6) is 0.815. The molecule has 0 bridgehead atoms. The Morgan fingerprint density at radius 2 is 2.00 bits per heavy atom. The maximum absolute atomic E-state index is 9.88. The van der Waals surface area contributed by atoms with Gasteiger partial charge >= 0.3 is 0 Å². The van der Waals surface area contributed by atoms with E-state index < -0.39 is 6.10 Å². The molecule has 0 aromatic heterocycles. The van der Waals surface area contributed by atoms with E-state index in [4.69, 9.17) is 4.74 Å². The predicted octanol–water partition coefficient (Wildman–Crippen LogP) is 2.12. The van der Waals surface area contributed by atoms with Gasteiger partial charge in [-0.3, -0.25) is 0 Å². The second kappa shape index (κ2) is 7.25. The Balaban J connectivity index is 2.37. The molecular weight excluding hydrogens is 202 g/mol. The SMILES string of the molecule is CCCCNCC(O)c1ccc(OC)cc1. The first-order chi connectivity index (χ1) is 7.77. The fourth-order valence-electron chi connectivity index (χ4n) is 1.48. The third-order valence-electron chi connectivity index (χ3n) is 2.55. The summed E-state index contributed by atoms with van der Waals surface area (Å²) < 4.78 is 5.06. The zero-order chi connectivity index (χ0) is 11.8. The molecule has 1 aromatic carbocycles. The Morgan fingerprint density at radius 3 is 2.56 bits per heavy atom. The Labute approximate surface area is 97.4 Å². The molecule has 0 radical (unpaired) electrons. The van der Waals surface area contributed by atoms with E-state index in [1.54, 1.807) is 7.11 Å². The van der Waals surface area contributed by atoms with Gasteiger partial charge < -0.3 is 15.2 Å². The monoisotopic (exact) mass is 223 g/mol. The molecule has 0 aliphatic heterocycles. The lowest BCUT2D eigenvalue weighted by atomic mass is 10.1. The fourth-order valence-corrected chi connectivity index (χ4v) is 1.48. The number of methoxy groups -OCH3 is 1. The quantitative estimate of drug-likeness (QED) is 0.696. The average molecular weight is 223 g/mol. The van der Waals surface area contributed by atoms with Crippen molar-refractivity contribution in [2.24, 2.45) is 0 Å². The lowest BCUT2D eigenvalue weighted by Gasteiger charge is -2.12. The van der Waals surface area contributed by atoms with Crippen LogP contribution in [0, 0.1) is 0 Å². The number of benzene rings is 1. The molecule has 3 heteroatoms. The van der Waals surface area contributed by atoms with Gasteiger partial charge in [-0.25, -0.2) is 0 Å². The third kappa shape index (κ3) is 4.21. The van der Waals surface area contributed by atoms with E-state index in [-0.39, 0.29) is 0 Å². The van der Waals surface area contributed by atoms with Crippen LogP contribution in [0.4, 0.5) is 0 Å². The smallest absolute Gasteiger partial charge is 0.118 e. The molecule has 0 fully saturated rings. The van der Waals surface area contributed by atoms with Crippen molar-refractivity contribution in [2.75, 3.05) is 20.2 Å². The van der Waals surface area contributed by atoms with Crippen molar-refractivity contribution >= 4 is 0 Å². The van der Waals surface area contributed by atoms with Crippen molar-refractivity contribution in [3.05, 3.63) is 29.8 Å². The molecule has 1 unspecified atom stereocenters. The van der Waals surface area contributed by atoms with Crippen LogP contribution >= 0.6 is 0 Å². The van der Waals surface area contributed by atoms with Gasteiger partial charge in [0.05, 0.1) is 13.2 Å². The lowest BCUT2D eigenvalue weighted by Crippen LogP contribution is -2.22. The van der Waals surface area contributed by atoms with Crippen molar-refractivity contribution in [3.63, 3.8) is 0 Å². The van der Waals surface area contributed by atoms with Gasteiger partial charge in [0, 0.05) is 6.54 Å². The minimum absolute atomic E-state index is 0.442. The minimum atomic E-state index is -0.442. The summed E-state index contributed by atoms with van der Waals surface area (Å²) in [5.41, 5.74) is 0.921. The normalized spacial score (nSPS) is 12.4. The number of ether oxygens (including phenoxy) is 1. The molecule has 0 amide bonds. The first kappa shape index (κ1) is 13.0. The maximum atomic E-state index is 9.88. The van der Waals surface area contributed by atoms with E-state index in [0.29, 0.717) is 6.54 Å². The van der Waals surface area contributed by atoms with Gasteiger partial charge in [-0.15, -0.1) is 0 Å². The summed E-state index contributed by atoms with van der Waals surface area (Å²) in [6, 6.07) is 7.52. The van der Waals surface area contributed by atoms with Gasteiger partial charge in [-0.2, -0.15) is 0 Å². The molecular formula is C13H21NO2. The fraction of sp³-hybridized carbons (Fsp3) is 0.538. The van der Waals surface area contributed by atoms with Gasteiger partial charge in [-0.1, -0.05) is 25.5 Å². The Morgan fingerprint density at radius 1 is 1.31 bits per heavy atom. The first-order valence-electron chi connectivity index (χ1n) is 5.80. The molecule has 0 aliphatic carbocycles. The number of hydrogen-bond acceptors (Lipinski definition) is 3. The Hall–Kier alpha value is -1.06. The van der Waals surface area contributed by atoms with E-state index in [0.717, 1.165) is 24.3 Å². The summed E-state index contributed by atoms with van der Waals surface area (Å²) in [6.07, 6.45) is 1.88. The molecule has 1 atom stereocenters. The second-order valence-corrected chi connectivity index (χ2v) is 3.85. The molecule has 16 heavy (non-hydrogen) atoms. The molecule has 90 valence electrons. The zero-order valence-corrected chi connectivity index (χ0v) is 10.1. The molecule has 3 nitrogen and oxygen atoms in total. The number of aliphatic hydroxyl groups is 1. The van der Waals surface area contributed by atoms with E-state index >= 15 is 0 Å². The van der Waals surface area contributed by atoms with Crippen LogP contribution in [-0.2, 0) is 0 Å². The number of rotatable bonds is 7.